The monoisotopic (exact) mass is 394 g/mol. The van der Waals surface area contributed by atoms with Crippen molar-refractivity contribution in [3.8, 4) is 0 Å². The first-order valence-electron chi connectivity index (χ1n) is 9.37. The minimum absolute atomic E-state index is 0.128. The number of aromatic nitrogens is 1. The Hall–Kier alpha value is -3.48. The molecule has 1 saturated heterocycles. The molecule has 29 heavy (non-hydrogen) atoms. The van der Waals surface area contributed by atoms with Crippen molar-refractivity contribution in [3.05, 3.63) is 84.2 Å². The first-order valence-corrected chi connectivity index (χ1v) is 9.37. The number of rotatable bonds is 4. The van der Waals surface area contributed by atoms with Gasteiger partial charge in [-0.1, -0.05) is 18.2 Å². The third-order valence-corrected chi connectivity index (χ3v) is 4.88. The molecule has 3 aromatic rings. The van der Waals surface area contributed by atoms with Crippen LogP contribution in [-0.4, -0.2) is 42.0 Å². The Morgan fingerprint density at radius 2 is 1.69 bits per heavy atom. The molecule has 0 atom stereocenters. The number of hydrogen-bond donors (Lipinski definition) is 1. The van der Waals surface area contributed by atoms with Gasteiger partial charge in [0.1, 0.15) is 17.3 Å². The number of nitrogens with zero attached hydrogens (tertiary/aromatic N) is 3. The van der Waals surface area contributed by atoms with E-state index in [1.54, 1.807) is 17.0 Å². The number of nitrogens with one attached hydrogen (secondary N) is 1. The molecule has 148 valence electrons. The fourth-order valence-electron chi connectivity index (χ4n) is 3.31. The summed E-state index contributed by atoms with van der Waals surface area (Å²) < 4.78 is 26.8. The molecule has 0 spiro atoms. The van der Waals surface area contributed by atoms with Crippen LogP contribution < -0.4 is 10.2 Å². The normalized spacial score (nSPS) is 14.0. The molecular formula is C22H20F2N4O. The van der Waals surface area contributed by atoms with E-state index in [1.807, 2.05) is 18.2 Å². The van der Waals surface area contributed by atoms with Crippen molar-refractivity contribution in [2.24, 2.45) is 0 Å². The van der Waals surface area contributed by atoms with E-state index in [-0.39, 0.29) is 11.6 Å². The van der Waals surface area contributed by atoms with Gasteiger partial charge in [-0.3, -0.25) is 4.79 Å². The maximum Gasteiger partial charge on any atom is 0.272 e. The number of carbonyl (C=O) groups excluding carboxylic acids is 1. The first-order chi connectivity index (χ1) is 14.1. The fourth-order valence-corrected chi connectivity index (χ4v) is 3.31. The van der Waals surface area contributed by atoms with Crippen LogP contribution in [0.1, 0.15) is 10.5 Å². The lowest BCUT2D eigenvalue weighted by Crippen LogP contribution is -2.49. The number of benzene rings is 2. The van der Waals surface area contributed by atoms with Gasteiger partial charge in [-0.25, -0.2) is 13.8 Å². The van der Waals surface area contributed by atoms with Gasteiger partial charge in [-0.2, -0.15) is 0 Å². The van der Waals surface area contributed by atoms with E-state index < -0.39 is 11.6 Å². The molecule has 0 unspecified atom stereocenters. The van der Waals surface area contributed by atoms with Gasteiger partial charge in [0.05, 0.1) is 17.6 Å². The van der Waals surface area contributed by atoms with Crippen LogP contribution >= 0.6 is 0 Å². The minimum Gasteiger partial charge on any atom is -0.368 e. The zero-order valence-electron chi connectivity index (χ0n) is 15.7. The van der Waals surface area contributed by atoms with Gasteiger partial charge < -0.3 is 15.1 Å². The molecule has 1 N–H and O–H groups in total. The second-order valence-electron chi connectivity index (χ2n) is 6.80. The lowest BCUT2D eigenvalue weighted by Gasteiger charge is -2.36. The Kier molecular flexibility index (Phi) is 5.37. The quantitative estimate of drug-likeness (QED) is 0.725. The highest BCUT2D eigenvalue weighted by atomic mass is 19.1. The van der Waals surface area contributed by atoms with Gasteiger partial charge in [-0.05, 0) is 36.4 Å². The van der Waals surface area contributed by atoms with Gasteiger partial charge in [0.15, 0.2) is 0 Å². The molecule has 2 heterocycles. The second-order valence-corrected chi connectivity index (χ2v) is 6.80. The SMILES string of the molecule is O=C(c1ccc(Nc2ccc(F)cc2F)cn1)N1CCN(c2ccccc2)CC1. The number of halogens is 2. The van der Waals surface area contributed by atoms with Gasteiger partial charge in [0.2, 0.25) is 0 Å². The summed E-state index contributed by atoms with van der Waals surface area (Å²) in [4.78, 5) is 21.0. The summed E-state index contributed by atoms with van der Waals surface area (Å²) in [6.07, 6.45) is 1.47. The van der Waals surface area contributed by atoms with Crippen molar-refractivity contribution in [1.82, 2.24) is 9.88 Å². The number of pyridine rings is 1. The Morgan fingerprint density at radius 3 is 2.34 bits per heavy atom. The zero-order chi connectivity index (χ0) is 20.2. The summed E-state index contributed by atoms with van der Waals surface area (Å²) in [7, 11) is 0. The standard InChI is InChI=1S/C22H20F2N4O/c23-16-6-8-20(19(24)14-16)26-17-7-9-21(25-15-17)22(29)28-12-10-27(11-13-28)18-4-2-1-3-5-18/h1-9,14-15,26H,10-13H2. The Bertz CT molecular complexity index is 987. The predicted octanol–water partition coefficient (Wildman–Crippen LogP) is 4.07. The average molecular weight is 394 g/mol. The Balaban J connectivity index is 1.37. The van der Waals surface area contributed by atoms with Crippen molar-refractivity contribution in [2.75, 3.05) is 36.4 Å². The molecule has 1 aliphatic heterocycles. The third kappa shape index (κ3) is 4.34. The summed E-state index contributed by atoms with van der Waals surface area (Å²) in [5, 5.41) is 2.83. The minimum atomic E-state index is -0.693. The fraction of sp³-hybridized carbons (Fsp3) is 0.182. The highest BCUT2D eigenvalue weighted by molar-refractivity contribution is 5.92. The zero-order valence-corrected chi connectivity index (χ0v) is 15.7. The third-order valence-electron chi connectivity index (χ3n) is 4.88. The molecule has 2 aromatic carbocycles. The smallest absolute Gasteiger partial charge is 0.272 e. The van der Waals surface area contributed by atoms with Crippen molar-refractivity contribution < 1.29 is 13.6 Å². The number of anilines is 3. The average Bonchev–Trinajstić information content (AvgIpc) is 2.76. The number of para-hydroxylation sites is 1. The number of hydrogen-bond acceptors (Lipinski definition) is 4. The molecule has 0 saturated carbocycles. The topological polar surface area (TPSA) is 48.5 Å². The van der Waals surface area contributed by atoms with Crippen molar-refractivity contribution in [2.45, 2.75) is 0 Å². The van der Waals surface area contributed by atoms with E-state index in [9.17, 15) is 13.6 Å². The van der Waals surface area contributed by atoms with Crippen LogP contribution in [0.2, 0.25) is 0 Å². The maximum atomic E-state index is 13.8. The highest BCUT2D eigenvalue weighted by Gasteiger charge is 2.23. The molecule has 7 heteroatoms. The molecule has 5 nitrogen and oxygen atoms in total. The Labute approximate surface area is 167 Å². The molecule has 0 aliphatic carbocycles. The summed E-state index contributed by atoms with van der Waals surface area (Å²) >= 11 is 0. The first kappa shape index (κ1) is 18.9. The second kappa shape index (κ2) is 8.26. The summed E-state index contributed by atoms with van der Waals surface area (Å²) in [5.74, 6) is -1.46. The molecule has 1 amide bonds. The molecule has 1 aliphatic rings. The van der Waals surface area contributed by atoms with E-state index in [2.05, 4.69) is 27.3 Å². The number of piperazine rings is 1. The van der Waals surface area contributed by atoms with Crippen molar-refractivity contribution in [1.29, 1.82) is 0 Å². The molecular weight excluding hydrogens is 374 g/mol. The summed E-state index contributed by atoms with van der Waals surface area (Å²) in [6.45, 7) is 2.77. The van der Waals surface area contributed by atoms with Gasteiger partial charge in [-0.15, -0.1) is 0 Å². The van der Waals surface area contributed by atoms with E-state index in [1.165, 1.54) is 18.3 Å². The molecule has 1 aromatic heterocycles. The molecule has 0 bridgehead atoms. The van der Waals surface area contributed by atoms with E-state index >= 15 is 0 Å². The van der Waals surface area contributed by atoms with Crippen LogP contribution in [0.15, 0.2) is 66.9 Å². The van der Waals surface area contributed by atoms with Gasteiger partial charge in [0.25, 0.3) is 5.91 Å². The Morgan fingerprint density at radius 1 is 0.931 bits per heavy atom. The number of amides is 1. The summed E-state index contributed by atoms with van der Waals surface area (Å²) in [6, 6.07) is 16.7. The van der Waals surface area contributed by atoms with Crippen LogP contribution in [0.3, 0.4) is 0 Å². The van der Waals surface area contributed by atoms with Crippen LogP contribution in [0.25, 0.3) is 0 Å². The predicted molar refractivity (Wildman–Crippen MR) is 108 cm³/mol. The van der Waals surface area contributed by atoms with Crippen LogP contribution in [0.5, 0.6) is 0 Å². The van der Waals surface area contributed by atoms with Gasteiger partial charge >= 0.3 is 0 Å². The van der Waals surface area contributed by atoms with E-state index in [0.29, 0.717) is 24.5 Å². The lowest BCUT2D eigenvalue weighted by atomic mass is 10.2. The largest absolute Gasteiger partial charge is 0.368 e. The molecule has 4 rings (SSSR count). The van der Waals surface area contributed by atoms with Crippen LogP contribution in [0.4, 0.5) is 25.8 Å². The van der Waals surface area contributed by atoms with Gasteiger partial charge in [0, 0.05) is 37.9 Å². The van der Waals surface area contributed by atoms with E-state index in [0.717, 1.165) is 24.8 Å². The summed E-state index contributed by atoms with van der Waals surface area (Å²) in [5.41, 5.74) is 2.15. The lowest BCUT2D eigenvalue weighted by molar-refractivity contribution is 0.0741. The van der Waals surface area contributed by atoms with Crippen LogP contribution in [0, 0.1) is 11.6 Å². The maximum absolute atomic E-state index is 13.8. The molecule has 1 fully saturated rings. The van der Waals surface area contributed by atoms with Crippen molar-refractivity contribution in [3.63, 3.8) is 0 Å². The number of carbonyl (C=O) groups is 1. The van der Waals surface area contributed by atoms with E-state index in [4.69, 9.17) is 0 Å². The van der Waals surface area contributed by atoms with Crippen molar-refractivity contribution >= 4 is 23.0 Å². The van der Waals surface area contributed by atoms with Crippen LogP contribution in [-0.2, 0) is 0 Å². The highest BCUT2D eigenvalue weighted by Crippen LogP contribution is 2.21. The molecule has 0 radical (unpaired) electrons.